The van der Waals surface area contributed by atoms with E-state index in [2.05, 4.69) is 32.7 Å². The molecule has 0 saturated carbocycles. The van der Waals surface area contributed by atoms with Crippen LogP contribution in [-0.4, -0.2) is 39.4 Å². The van der Waals surface area contributed by atoms with Crippen LogP contribution >= 0.6 is 11.8 Å². The van der Waals surface area contributed by atoms with Gasteiger partial charge >= 0.3 is 6.03 Å². The van der Waals surface area contributed by atoms with E-state index in [1.807, 2.05) is 24.3 Å². The summed E-state index contributed by atoms with van der Waals surface area (Å²) in [6.45, 7) is 4.35. The molecule has 2 rings (SSSR count). The second-order valence-electron chi connectivity index (χ2n) is 4.71. The first kappa shape index (κ1) is 17.0. The van der Waals surface area contributed by atoms with Gasteiger partial charge in [0, 0.05) is 12.1 Å². The summed E-state index contributed by atoms with van der Waals surface area (Å²) in [5, 5.41) is 12.1. The van der Waals surface area contributed by atoms with Crippen molar-refractivity contribution in [3.63, 3.8) is 0 Å². The van der Waals surface area contributed by atoms with Gasteiger partial charge in [-0.05, 0) is 18.9 Å². The quantitative estimate of drug-likeness (QED) is 0.702. The summed E-state index contributed by atoms with van der Waals surface area (Å²) in [7, 11) is 0. The molecule has 7 nitrogen and oxygen atoms in total. The molecule has 1 aromatic heterocycles. The monoisotopic (exact) mass is 333 g/mol. The van der Waals surface area contributed by atoms with Gasteiger partial charge in [0.25, 0.3) is 0 Å². The van der Waals surface area contributed by atoms with E-state index in [4.69, 9.17) is 0 Å². The van der Waals surface area contributed by atoms with Crippen molar-refractivity contribution in [3.05, 3.63) is 29.8 Å². The number of H-pyrrole nitrogens is 1. The fraction of sp³-hybridized carbons (Fsp3) is 0.333. The summed E-state index contributed by atoms with van der Waals surface area (Å²) in [5.41, 5.74) is 2.19. The molecule has 0 radical (unpaired) electrons. The smallest absolute Gasteiger partial charge is 0.321 e. The predicted octanol–water partition coefficient (Wildman–Crippen LogP) is 1.97. The zero-order valence-corrected chi connectivity index (χ0v) is 13.9. The van der Waals surface area contributed by atoms with Crippen LogP contribution in [0.2, 0.25) is 0 Å². The molecule has 3 N–H and O–H groups in total. The van der Waals surface area contributed by atoms with Crippen LogP contribution in [0.5, 0.6) is 0 Å². The van der Waals surface area contributed by atoms with Gasteiger partial charge in [-0.2, -0.15) is 0 Å². The Morgan fingerprint density at radius 2 is 1.96 bits per heavy atom. The molecule has 8 heteroatoms. The molecule has 3 amide bonds. The Hall–Kier alpha value is -2.35. The first-order valence-corrected chi connectivity index (χ1v) is 8.33. The maximum absolute atomic E-state index is 11.6. The maximum atomic E-state index is 11.6. The Balaban J connectivity index is 1.89. The van der Waals surface area contributed by atoms with Gasteiger partial charge < -0.3 is 5.32 Å². The highest BCUT2D eigenvalue weighted by Crippen LogP contribution is 2.19. The number of amides is 3. The van der Waals surface area contributed by atoms with E-state index in [-0.39, 0.29) is 11.7 Å². The highest BCUT2D eigenvalue weighted by Gasteiger charge is 2.11. The van der Waals surface area contributed by atoms with Crippen molar-refractivity contribution in [1.82, 2.24) is 25.8 Å². The molecular formula is C15H19N5O2S. The van der Waals surface area contributed by atoms with Crippen molar-refractivity contribution in [2.45, 2.75) is 25.4 Å². The molecule has 0 aliphatic carbocycles. The van der Waals surface area contributed by atoms with Crippen LogP contribution in [0, 0.1) is 0 Å². The lowest BCUT2D eigenvalue weighted by Crippen LogP contribution is -2.40. The number of aromatic amines is 1. The number of rotatable bonds is 6. The summed E-state index contributed by atoms with van der Waals surface area (Å²) in [6, 6.07) is 7.56. The number of hydrogen-bond acceptors (Lipinski definition) is 5. The minimum atomic E-state index is -0.496. The highest BCUT2D eigenvalue weighted by molar-refractivity contribution is 7.99. The molecule has 1 heterocycles. The third kappa shape index (κ3) is 5.10. The van der Waals surface area contributed by atoms with E-state index in [1.54, 1.807) is 6.92 Å². The van der Waals surface area contributed by atoms with Crippen molar-refractivity contribution in [2.75, 3.05) is 12.3 Å². The molecule has 0 fully saturated rings. The van der Waals surface area contributed by atoms with Crippen molar-refractivity contribution in [1.29, 1.82) is 0 Å². The van der Waals surface area contributed by atoms with Crippen LogP contribution in [0.1, 0.15) is 19.4 Å². The Morgan fingerprint density at radius 3 is 2.61 bits per heavy atom. The molecule has 23 heavy (non-hydrogen) atoms. The van der Waals surface area contributed by atoms with Gasteiger partial charge in [-0.3, -0.25) is 15.2 Å². The minimum Gasteiger partial charge on any atom is -0.338 e. The normalized spacial score (nSPS) is 10.3. The molecule has 0 bridgehead atoms. The summed E-state index contributed by atoms with van der Waals surface area (Å²) in [4.78, 5) is 27.1. The van der Waals surface area contributed by atoms with E-state index in [9.17, 15) is 9.59 Å². The molecule has 0 saturated heterocycles. The largest absolute Gasteiger partial charge is 0.338 e. The second-order valence-corrected chi connectivity index (χ2v) is 5.66. The SMILES string of the molecule is CCNC(=O)NC(=O)CSc1n[nH]c(-c2ccc(CC)cc2)n1. The van der Waals surface area contributed by atoms with E-state index in [1.165, 1.54) is 17.3 Å². The van der Waals surface area contributed by atoms with Gasteiger partial charge in [-0.25, -0.2) is 9.78 Å². The number of benzene rings is 1. The summed E-state index contributed by atoms with van der Waals surface area (Å²) >= 11 is 1.17. The number of hydrogen-bond donors (Lipinski definition) is 3. The van der Waals surface area contributed by atoms with Crippen LogP contribution in [0.4, 0.5) is 4.79 Å². The number of nitrogens with one attached hydrogen (secondary N) is 3. The van der Waals surface area contributed by atoms with Crippen molar-refractivity contribution >= 4 is 23.7 Å². The number of carbonyl (C=O) groups is 2. The summed E-state index contributed by atoms with van der Waals surface area (Å²) in [6.07, 6.45) is 0.985. The van der Waals surface area contributed by atoms with Gasteiger partial charge in [0.15, 0.2) is 5.82 Å². The van der Waals surface area contributed by atoms with E-state index in [0.29, 0.717) is 17.5 Å². The van der Waals surface area contributed by atoms with E-state index >= 15 is 0 Å². The number of imide groups is 1. The minimum absolute atomic E-state index is 0.0726. The molecule has 0 aliphatic rings. The van der Waals surface area contributed by atoms with Crippen molar-refractivity contribution in [2.24, 2.45) is 0 Å². The van der Waals surface area contributed by atoms with Gasteiger partial charge in [-0.1, -0.05) is 43.0 Å². The number of thioether (sulfide) groups is 1. The van der Waals surface area contributed by atoms with Gasteiger partial charge in [0.2, 0.25) is 11.1 Å². The predicted molar refractivity (Wildman–Crippen MR) is 89.1 cm³/mol. The van der Waals surface area contributed by atoms with Crippen LogP contribution in [-0.2, 0) is 11.2 Å². The third-order valence-electron chi connectivity index (χ3n) is 3.02. The third-order valence-corrected chi connectivity index (χ3v) is 3.87. The number of urea groups is 1. The van der Waals surface area contributed by atoms with Gasteiger partial charge in [0.1, 0.15) is 0 Å². The Labute approximate surface area is 138 Å². The van der Waals surface area contributed by atoms with Crippen molar-refractivity contribution < 1.29 is 9.59 Å². The molecule has 0 spiro atoms. The highest BCUT2D eigenvalue weighted by atomic mass is 32.2. The number of aryl methyl sites for hydroxylation is 1. The zero-order valence-electron chi connectivity index (χ0n) is 13.0. The molecule has 122 valence electrons. The first-order valence-electron chi connectivity index (χ1n) is 7.34. The lowest BCUT2D eigenvalue weighted by molar-refractivity contribution is -0.117. The first-order chi connectivity index (χ1) is 11.1. The average molecular weight is 333 g/mol. The Bertz CT molecular complexity index is 669. The molecular weight excluding hydrogens is 314 g/mol. The standard InChI is InChI=1S/C15H19N5O2S/c1-3-10-5-7-11(8-6-10)13-18-15(20-19-13)23-9-12(21)17-14(22)16-4-2/h5-8H,3-4,9H2,1-2H3,(H,18,19,20)(H2,16,17,21,22). The molecule has 2 aromatic rings. The van der Waals surface area contributed by atoms with Crippen LogP contribution in [0.3, 0.4) is 0 Å². The molecule has 0 atom stereocenters. The van der Waals surface area contributed by atoms with Crippen LogP contribution in [0.25, 0.3) is 11.4 Å². The molecule has 0 unspecified atom stereocenters. The Morgan fingerprint density at radius 1 is 1.22 bits per heavy atom. The molecule has 1 aromatic carbocycles. The number of carbonyl (C=O) groups excluding carboxylic acids is 2. The topological polar surface area (TPSA) is 99.8 Å². The lowest BCUT2D eigenvalue weighted by atomic mass is 10.1. The Kier molecular flexibility index (Phi) is 6.16. The zero-order chi connectivity index (χ0) is 16.7. The lowest BCUT2D eigenvalue weighted by Gasteiger charge is -2.02. The maximum Gasteiger partial charge on any atom is 0.321 e. The van der Waals surface area contributed by atoms with Gasteiger partial charge in [0.05, 0.1) is 5.75 Å². The molecule has 0 aliphatic heterocycles. The van der Waals surface area contributed by atoms with Crippen molar-refractivity contribution in [3.8, 4) is 11.4 Å². The van der Waals surface area contributed by atoms with Gasteiger partial charge in [-0.15, -0.1) is 5.10 Å². The number of nitrogens with zero attached hydrogens (tertiary/aromatic N) is 2. The van der Waals surface area contributed by atoms with Crippen LogP contribution < -0.4 is 10.6 Å². The van der Waals surface area contributed by atoms with E-state index in [0.717, 1.165) is 12.0 Å². The summed E-state index contributed by atoms with van der Waals surface area (Å²) in [5.74, 6) is 0.335. The fourth-order valence-corrected chi connectivity index (χ4v) is 2.43. The fourth-order valence-electron chi connectivity index (χ4n) is 1.84. The summed E-state index contributed by atoms with van der Waals surface area (Å²) < 4.78 is 0. The average Bonchev–Trinajstić information content (AvgIpc) is 3.02. The second kappa shape index (κ2) is 8.33. The van der Waals surface area contributed by atoms with Crippen LogP contribution in [0.15, 0.2) is 29.4 Å². The number of aromatic nitrogens is 3. The van der Waals surface area contributed by atoms with E-state index < -0.39 is 6.03 Å².